The highest BCUT2D eigenvalue weighted by molar-refractivity contribution is 7.92. The van der Waals surface area contributed by atoms with E-state index < -0.39 is 16.0 Å². The molecule has 0 spiro atoms. The lowest BCUT2D eigenvalue weighted by Gasteiger charge is -2.11. The zero-order chi connectivity index (χ0) is 16.9. The molecule has 0 aliphatic heterocycles. The van der Waals surface area contributed by atoms with Crippen LogP contribution in [0.5, 0.6) is 0 Å². The maximum atomic E-state index is 11.7. The van der Waals surface area contributed by atoms with Gasteiger partial charge in [0.05, 0.1) is 36.0 Å². The van der Waals surface area contributed by atoms with Crippen LogP contribution in [-0.4, -0.2) is 32.2 Å². The Kier molecular flexibility index (Phi) is 5.17. The fourth-order valence-corrected chi connectivity index (χ4v) is 2.42. The van der Waals surface area contributed by atoms with Crippen molar-refractivity contribution in [2.45, 2.75) is 6.92 Å². The normalized spacial score (nSPS) is 10.9. The second kappa shape index (κ2) is 7.10. The fourth-order valence-electron chi connectivity index (χ4n) is 1.80. The van der Waals surface area contributed by atoms with Gasteiger partial charge in [-0.15, -0.1) is 0 Å². The molecule has 122 valence electrons. The number of nitrogens with one attached hydrogen (secondary N) is 2. The number of nitrogens with zero attached hydrogens (tertiary/aromatic N) is 1. The van der Waals surface area contributed by atoms with Gasteiger partial charge in [-0.1, -0.05) is 12.1 Å². The van der Waals surface area contributed by atoms with Crippen LogP contribution in [0.4, 0.5) is 17.2 Å². The van der Waals surface area contributed by atoms with Crippen LogP contribution in [-0.2, 0) is 14.8 Å². The van der Waals surface area contributed by atoms with Crippen molar-refractivity contribution >= 4 is 33.2 Å². The molecule has 1 heterocycles. The molecule has 23 heavy (non-hydrogen) atoms. The summed E-state index contributed by atoms with van der Waals surface area (Å²) in [7, 11) is -2.03. The Bertz CT molecular complexity index is 789. The zero-order valence-corrected chi connectivity index (χ0v) is 13.6. The maximum absolute atomic E-state index is 11.7. The van der Waals surface area contributed by atoms with Crippen LogP contribution in [0.15, 0.2) is 42.6 Å². The Hall–Kier alpha value is -2.61. The molecule has 0 aliphatic carbocycles. The highest BCUT2D eigenvalue weighted by Gasteiger charge is 2.12. The van der Waals surface area contributed by atoms with Gasteiger partial charge >= 0.3 is 5.97 Å². The standard InChI is InChI=1S/C15H17N3O4S/c1-3-23(20,21)18-11-8-9-14(16-10-11)17-13-7-5-4-6-12(13)15(19)22-2/h4-10,18H,3H2,1-2H3,(H,16,17). The lowest BCUT2D eigenvalue weighted by molar-refractivity contribution is 0.0602. The van der Waals surface area contributed by atoms with Gasteiger partial charge in [0.2, 0.25) is 10.0 Å². The molecule has 1 aromatic carbocycles. The number of pyridine rings is 1. The third kappa shape index (κ3) is 4.43. The molecule has 7 nitrogen and oxygen atoms in total. The lowest BCUT2D eigenvalue weighted by Crippen LogP contribution is -2.14. The Morgan fingerprint density at radius 1 is 1.22 bits per heavy atom. The van der Waals surface area contributed by atoms with Crippen LogP contribution in [0.25, 0.3) is 0 Å². The van der Waals surface area contributed by atoms with Crippen molar-refractivity contribution in [3.05, 3.63) is 48.2 Å². The Morgan fingerprint density at radius 2 is 1.96 bits per heavy atom. The summed E-state index contributed by atoms with van der Waals surface area (Å²) in [6.07, 6.45) is 1.40. The van der Waals surface area contributed by atoms with Gasteiger partial charge in [-0.3, -0.25) is 4.72 Å². The molecular formula is C15H17N3O4S. The summed E-state index contributed by atoms with van der Waals surface area (Å²) in [6, 6.07) is 10.1. The number of hydrogen-bond donors (Lipinski definition) is 2. The van der Waals surface area contributed by atoms with Crippen molar-refractivity contribution in [2.75, 3.05) is 22.9 Å². The van der Waals surface area contributed by atoms with Crippen LogP contribution in [0, 0.1) is 0 Å². The van der Waals surface area contributed by atoms with Gasteiger partial charge < -0.3 is 10.1 Å². The highest BCUT2D eigenvalue weighted by Crippen LogP contribution is 2.21. The second-order valence-corrected chi connectivity index (χ2v) is 6.61. The minimum atomic E-state index is -3.34. The largest absolute Gasteiger partial charge is 0.465 e. The molecule has 0 aliphatic rings. The van der Waals surface area contributed by atoms with Gasteiger partial charge in [-0.05, 0) is 31.2 Å². The Morgan fingerprint density at radius 3 is 2.57 bits per heavy atom. The van der Waals surface area contributed by atoms with Gasteiger partial charge in [0.1, 0.15) is 5.82 Å². The third-order valence-corrected chi connectivity index (χ3v) is 4.32. The number of anilines is 3. The smallest absolute Gasteiger partial charge is 0.339 e. The first-order valence-corrected chi connectivity index (χ1v) is 8.51. The van der Waals surface area contributed by atoms with Crippen molar-refractivity contribution in [1.29, 1.82) is 0 Å². The summed E-state index contributed by atoms with van der Waals surface area (Å²) in [5, 5.41) is 3.00. The van der Waals surface area contributed by atoms with Crippen molar-refractivity contribution in [1.82, 2.24) is 4.98 Å². The summed E-state index contributed by atoms with van der Waals surface area (Å²) in [6.45, 7) is 1.55. The number of ether oxygens (including phenoxy) is 1. The minimum Gasteiger partial charge on any atom is -0.465 e. The monoisotopic (exact) mass is 335 g/mol. The van der Waals surface area contributed by atoms with E-state index in [-0.39, 0.29) is 5.75 Å². The van der Waals surface area contributed by atoms with Gasteiger partial charge in [0.25, 0.3) is 0 Å². The van der Waals surface area contributed by atoms with Gasteiger partial charge in [-0.25, -0.2) is 18.2 Å². The SMILES string of the molecule is CCS(=O)(=O)Nc1ccc(Nc2ccccc2C(=O)OC)nc1. The molecule has 2 rings (SSSR count). The predicted molar refractivity (Wildman–Crippen MR) is 88.4 cm³/mol. The third-order valence-electron chi connectivity index (χ3n) is 3.01. The minimum absolute atomic E-state index is 0.0144. The number of sulfonamides is 1. The number of hydrogen-bond acceptors (Lipinski definition) is 6. The van der Waals surface area contributed by atoms with E-state index in [4.69, 9.17) is 4.74 Å². The molecule has 0 atom stereocenters. The molecule has 8 heteroatoms. The van der Waals surface area contributed by atoms with Crippen molar-refractivity contribution in [3.8, 4) is 0 Å². The average molecular weight is 335 g/mol. The average Bonchev–Trinajstić information content (AvgIpc) is 2.56. The predicted octanol–water partition coefficient (Wildman–Crippen LogP) is 2.37. The van der Waals surface area contributed by atoms with Crippen molar-refractivity contribution < 1.29 is 17.9 Å². The quantitative estimate of drug-likeness (QED) is 0.787. The number of esters is 1. The Labute approximate surface area is 134 Å². The van der Waals surface area contributed by atoms with Crippen molar-refractivity contribution in [2.24, 2.45) is 0 Å². The van der Waals surface area contributed by atoms with E-state index in [0.29, 0.717) is 22.8 Å². The van der Waals surface area contributed by atoms with E-state index in [9.17, 15) is 13.2 Å². The molecule has 0 saturated heterocycles. The molecule has 0 fully saturated rings. The summed E-state index contributed by atoms with van der Waals surface area (Å²) in [5.74, 6) is 0.000645. The summed E-state index contributed by atoms with van der Waals surface area (Å²) in [4.78, 5) is 15.8. The second-order valence-electron chi connectivity index (χ2n) is 4.60. The first kappa shape index (κ1) is 16.8. The lowest BCUT2D eigenvalue weighted by atomic mass is 10.2. The molecule has 2 aromatic rings. The van der Waals surface area contributed by atoms with Gasteiger partial charge in [-0.2, -0.15) is 0 Å². The number of carbonyl (C=O) groups excluding carboxylic acids is 1. The number of methoxy groups -OCH3 is 1. The maximum Gasteiger partial charge on any atom is 0.339 e. The van der Waals surface area contributed by atoms with Gasteiger partial charge in [0.15, 0.2) is 0 Å². The molecule has 2 N–H and O–H groups in total. The molecule has 0 amide bonds. The summed E-state index contributed by atoms with van der Waals surface area (Å²) in [5.41, 5.74) is 1.31. The van der Waals surface area contributed by atoms with E-state index >= 15 is 0 Å². The summed E-state index contributed by atoms with van der Waals surface area (Å²) >= 11 is 0. The Balaban J connectivity index is 2.18. The summed E-state index contributed by atoms with van der Waals surface area (Å²) < 4.78 is 30.1. The fraction of sp³-hybridized carbons (Fsp3) is 0.200. The zero-order valence-electron chi connectivity index (χ0n) is 12.7. The number of aromatic nitrogens is 1. The molecule has 0 unspecified atom stereocenters. The van der Waals surface area contributed by atoms with E-state index in [1.807, 2.05) is 0 Å². The van der Waals surface area contributed by atoms with Crippen LogP contribution in [0.2, 0.25) is 0 Å². The number of rotatable bonds is 6. The van der Waals surface area contributed by atoms with Crippen LogP contribution >= 0.6 is 0 Å². The van der Waals surface area contributed by atoms with E-state index in [1.54, 1.807) is 43.3 Å². The first-order chi connectivity index (χ1) is 10.9. The van der Waals surface area contributed by atoms with Crippen LogP contribution < -0.4 is 10.0 Å². The number of para-hydroxylation sites is 1. The number of benzene rings is 1. The highest BCUT2D eigenvalue weighted by atomic mass is 32.2. The molecule has 1 aromatic heterocycles. The van der Waals surface area contributed by atoms with Gasteiger partial charge in [0, 0.05) is 0 Å². The first-order valence-electron chi connectivity index (χ1n) is 6.86. The van der Waals surface area contributed by atoms with E-state index in [1.165, 1.54) is 13.3 Å². The molecule has 0 radical (unpaired) electrons. The van der Waals surface area contributed by atoms with E-state index in [2.05, 4.69) is 15.0 Å². The van der Waals surface area contributed by atoms with Crippen molar-refractivity contribution in [3.63, 3.8) is 0 Å². The van der Waals surface area contributed by atoms with Crippen LogP contribution in [0.3, 0.4) is 0 Å². The molecule has 0 bridgehead atoms. The molecule has 0 saturated carbocycles. The topological polar surface area (TPSA) is 97.4 Å². The number of carbonyl (C=O) groups is 1. The van der Waals surface area contributed by atoms with E-state index in [0.717, 1.165) is 0 Å². The van der Waals surface area contributed by atoms with Crippen LogP contribution in [0.1, 0.15) is 17.3 Å². The molecular weight excluding hydrogens is 318 g/mol.